The molecular weight excluding hydrogens is 156 g/mol. The van der Waals surface area contributed by atoms with Crippen LogP contribution in [0.2, 0.25) is 0 Å². The zero-order chi connectivity index (χ0) is 10.1. The van der Waals surface area contributed by atoms with E-state index in [1.54, 1.807) is 0 Å². The van der Waals surface area contributed by atoms with Crippen LogP contribution in [0.15, 0.2) is 24.8 Å². The van der Waals surface area contributed by atoms with Crippen molar-refractivity contribution in [2.24, 2.45) is 11.8 Å². The second-order valence-electron chi connectivity index (χ2n) is 4.06. The predicted octanol–water partition coefficient (Wildman–Crippen LogP) is 4.58. The molecule has 0 radical (unpaired) electrons. The van der Waals surface area contributed by atoms with Crippen LogP contribution in [0.3, 0.4) is 0 Å². The van der Waals surface area contributed by atoms with Crippen molar-refractivity contribution in [1.82, 2.24) is 0 Å². The molecule has 0 aromatic rings. The molecule has 0 saturated heterocycles. The molecule has 0 aromatic heterocycles. The molecule has 0 amide bonds. The quantitative estimate of drug-likeness (QED) is 0.503. The largest absolute Gasteiger partial charge is 0.103 e. The van der Waals surface area contributed by atoms with Gasteiger partial charge in [0.25, 0.3) is 0 Å². The van der Waals surface area contributed by atoms with Crippen molar-refractivity contribution in [2.75, 3.05) is 0 Å². The normalized spacial score (nSPS) is 15.9. The third-order valence-electron chi connectivity index (χ3n) is 2.32. The predicted molar refractivity (Wildman–Crippen MR) is 61.8 cm³/mol. The lowest BCUT2D eigenvalue weighted by Gasteiger charge is -2.05. The molecule has 0 aliphatic carbocycles. The van der Waals surface area contributed by atoms with Crippen molar-refractivity contribution in [1.29, 1.82) is 0 Å². The summed E-state index contributed by atoms with van der Waals surface area (Å²) in [6.07, 6.45) is 11.6. The van der Waals surface area contributed by atoms with E-state index in [1.807, 2.05) is 6.08 Å². The van der Waals surface area contributed by atoms with Crippen LogP contribution in [-0.4, -0.2) is 0 Å². The van der Waals surface area contributed by atoms with Crippen LogP contribution in [0.5, 0.6) is 0 Å². The average Bonchev–Trinajstić information content (AvgIpc) is 2.05. The van der Waals surface area contributed by atoms with E-state index in [9.17, 15) is 0 Å². The molecule has 0 bridgehead atoms. The molecule has 2 atom stereocenters. The fraction of sp³-hybridized carbons (Fsp3) is 0.692. The molecule has 0 heterocycles. The molecule has 13 heavy (non-hydrogen) atoms. The van der Waals surface area contributed by atoms with E-state index in [4.69, 9.17) is 0 Å². The molecule has 0 fully saturated rings. The summed E-state index contributed by atoms with van der Waals surface area (Å²) in [4.78, 5) is 0. The maximum atomic E-state index is 3.75. The number of allylic oxidation sites excluding steroid dienone is 3. The highest BCUT2D eigenvalue weighted by molar-refractivity contribution is 4.88. The molecule has 0 aromatic carbocycles. The van der Waals surface area contributed by atoms with Crippen molar-refractivity contribution in [2.45, 2.75) is 46.5 Å². The third-order valence-corrected chi connectivity index (χ3v) is 2.32. The van der Waals surface area contributed by atoms with E-state index in [-0.39, 0.29) is 0 Å². The van der Waals surface area contributed by atoms with Crippen LogP contribution in [0.4, 0.5) is 0 Å². The van der Waals surface area contributed by atoms with Crippen LogP contribution < -0.4 is 0 Å². The van der Waals surface area contributed by atoms with Crippen LogP contribution in [-0.2, 0) is 0 Å². The minimum Gasteiger partial charge on any atom is -0.103 e. The van der Waals surface area contributed by atoms with Crippen molar-refractivity contribution in [3.05, 3.63) is 24.8 Å². The second-order valence-corrected chi connectivity index (χ2v) is 4.06. The van der Waals surface area contributed by atoms with Gasteiger partial charge in [-0.3, -0.25) is 0 Å². The van der Waals surface area contributed by atoms with Gasteiger partial charge in [0.1, 0.15) is 0 Å². The Kier molecular flexibility index (Phi) is 7.77. The van der Waals surface area contributed by atoms with Gasteiger partial charge in [-0.05, 0) is 31.1 Å². The van der Waals surface area contributed by atoms with E-state index in [1.165, 1.54) is 19.3 Å². The van der Waals surface area contributed by atoms with E-state index >= 15 is 0 Å². The standard InChI is InChI=1S/C13H24/c1-5-8-12(3)10-7-11-13(4)9-6-2/h5,7,11-13H,1,6,8-10H2,2-4H3. The van der Waals surface area contributed by atoms with Gasteiger partial charge in [0.2, 0.25) is 0 Å². The summed E-state index contributed by atoms with van der Waals surface area (Å²) in [6, 6.07) is 0. The summed E-state index contributed by atoms with van der Waals surface area (Å²) in [6.45, 7) is 10.6. The van der Waals surface area contributed by atoms with Gasteiger partial charge < -0.3 is 0 Å². The molecule has 0 aliphatic heterocycles. The Morgan fingerprint density at radius 2 is 1.92 bits per heavy atom. The molecule has 0 rings (SSSR count). The number of rotatable bonds is 7. The highest BCUT2D eigenvalue weighted by Crippen LogP contribution is 2.11. The van der Waals surface area contributed by atoms with E-state index in [0.29, 0.717) is 0 Å². The van der Waals surface area contributed by atoms with Gasteiger partial charge in [-0.25, -0.2) is 0 Å². The number of hydrogen-bond donors (Lipinski definition) is 0. The lowest BCUT2D eigenvalue weighted by molar-refractivity contribution is 0.592. The Hall–Kier alpha value is -0.520. The smallest absolute Gasteiger partial charge is 0.0262 e. The van der Waals surface area contributed by atoms with Crippen LogP contribution in [0.1, 0.15) is 46.5 Å². The van der Waals surface area contributed by atoms with Gasteiger partial charge in [-0.2, -0.15) is 0 Å². The van der Waals surface area contributed by atoms with Gasteiger partial charge in [-0.1, -0.05) is 45.4 Å². The first-order chi connectivity index (χ1) is 6.20. The molecule has 2 unspecified atom stereocenters. The minimum atomic E-state index is 0.751. The zero-order valence-electron chi connectivity index (χ0n) is 9.42. The minimum absolute atomic E-state index is 0.751. The molecule has 0 saturated carbocycles. The molecule has 0 heteroatoms. The lowest BCUT2D eigenvalue weighted by Crippen LogP contribution is -1.91. The third kappa shape index (κ3) is 7.83. The Labute approximate surface area is 83.7 Å². The summed E-state index contributed by atoms with van der Waals surface area (Å²) >= 11 is 0. The summed E-state index contributed by atoms with van der Waals surface area (Å²) in [5, 5.41) is 0. The molecule has 0 N–H and O–H groups in total. The zero-order valence-corrected chi connectivity index (χ0v) is 9.42. The van der Waals surface area contributed by atoms with Crippen LogP contribution in [0, 0.1) is 11.8 Å². The first-order valence-corrected chi connectivity index (χ1v) is 5.48. The monoisotopic (exact) mass is 180 g/mol. The molecule has 0 nitrogen and oxygen atoms in total. The topological polar surface area (TPSA) is 0 Å². The Bertz CT molecular complexity index is 144. The summed E-state index contributed by atoms with van der Waals surface area (Å²) in [5.74, 6) is 1.50. The first kappa shape index (κ1) is 12.5. The van der Waals surface area contributed by atoms with Crippen molar-refractivity contribution in [3.63, 3.8) is 0 Å². The SMILES string of the molecule is C=CCC(C)CC=CC(C)CCC. The van der Waals surface area contributed by atoms with Gasteiger partial charge in [0.15, 0.2) is 0 Å². The van der Waals surface area contributed by atoms with Gasteiger partial charge in [-0.15, -0.1) is 6.58 Å². The summed E-state index contributed by atoms with van der Waals surface area (Å²) < 4.78 is 0. The lowest BCUT2D eigenvalue weighted by atomic mass is 10.0. The van der Waals surface area contributed by atoms with Gasteiger partial charge >= 0.3 is 0 Å². The fourth-order valence-electron chi connectivity index (χ4n) is 1.48. The van der Waals surface area contributed by atoms with Crippen LogP contribution in [0.25, 0.3) is 0 Å². The first-order valence-electron chi connectivity index (χ1n) is 5.48. The molecule has 76 valence electrons. The molecule has 0 aliphatic rings. The van der Waals surface area contributed by atoms with Crippen molar-refractivity contribution in [3.8, 4) is 0 Å². The van der Waals surface area contributed by atoms with Crippen molar-refractivity contribution < 1.29 is 0 Å². The fourth-order valence-corrected chi connectivity index (χ4v) is 1.48. The molecular formula is C13H24. The highest BCUT2D eigenvalue weighted by atomic mass is 14.0. The highest BCUT2D eigenvalue weighted by Gasteiger charge is 1.97. The van der Waals surface area contributed by atoms with Crippen molar-refractivity contribution >= 4 is 0 Å². The number of hydrogen-bond acceptors (Lipinski definition) is 0. The Morgan fingerprint density at radius 1 is 1.23 bits per heavy atom. The van der Waals surface area contributed by atoms with Crippen LogP contribution >= 0.6 is 0 Å². The molecule has 0 spiro atoms. The van der Waals surface area contributed by atoms with E-state index in [2.05, 4.69) is 39.5 Å². The Balaban J connectivity index is 3.54. The maximum Gasteiger partial charge on any atom is -0.0262 e. The second kappa shape index (κ2) is 8.10. The van der Waals surface area contributed by atoms with Gasteiger partial charge in [0.05, 0.1) is 0 Å². The summed E-state index contributed by atoms with van der Waals surface area (Å²) in [5.41, 5.74) is 0. The Morgan fingerprint density at radius 3 is 2.46 bits per heavy atom. The average molecular weight is 180 g/mol. The van der Waals surface area contributed by atoms with E-state index in [0.717, 1.165) is 18.3 Å². The van der Waals surface area contributed by atoms with Gasteiger partial charge in [0, 0.05) is 0 Å². The maximum absolute atomic E-state index is 3.75. The summed E-state index contributed by atoms with van der Waals surface area (Å²) in [7, 11) is 0. The van der Waals surface area contributed by atoms with E-state index < -0.39 is 0 Å².